The molecule has 0 fully saturated rings. The number of carbonyl (C=O) groups is 2. The van der Waals surface area contributed by atoms with Gasteiger partial charge in [-0.15, -0.1) is 11.8 Å². The molecular formula is C25H22N2O2S. The van der Waals surface area contributed by atoms with Crippen molar-refractivity contribution in [2.75, 3.05) is 12.3 Å². The molecule has 150 valence electrons. The van der Waals surface area contributed by atoms with Gasteiger partial charge in [-0.05, 0) is 19.1 Å². The molecule has 4 nitrogen and oxygen atoms in total. The third kappa shape index (κ3) is 4.31. The summed E-state index contributed by atoms with van der Waals surface area (Å²) in [6.45, 7) is 2.49. The molecule has 0 saturated heterocycles. The van der Waals surface area contributed by atoms with Gasteiger partial charge in [0.2, 0.25) is 0 Å². The molecule has 3 aromatic carbocycles. The van der Waals surface area contributed by atoms with E-state index in [2.05, 4.69) is 16.4 Å². The molecule has 0 aliphatic heterocycles. The fourth-order valence-electron chi connectivity index (χ4n) is 3.32. The maximum atomic E-state index is 12.9. The quantitative estimate of drug-likeness (QED) is 0.247. The first-order valence-electron chi connectivity index (χ1n) is 9.81. The number of hydrogen-bond donors (Lipinski definition) is 2. The van der Waals surface area contributed by atoms with Crippen LogP contribution in [-0.4, -0.2) is 29.0 Å². The normalized spacial score (nSPS) is 10.8. The maximum absolute atomic E-state index is 12.9. The van der Waals surface area contributed by atoms with Gasteiger partial charge in [0.25, 0.3) is 5.91 Å². The molecule has 0 radical (unpaired) electrons. The fourth-order valence-corrected chi connectivity index (χ4v) is 4.22. The number of thioether (sulfide) groups is 1. The van der Waals surface area contributed by atoms with E-state index in [1.807, 2.05) is 43.5 Å². The fraction of sp³-hybridized carbons (Fsp3) is 0.120. The van der Waals surface area contributed by atoms with Crippen molar-refractivity contribution in [1.82, 2.24) is 10.3 Å². The number of amides is 1. The van der Waals surface area contributed by atoms with E-state index in [0.717, 1.165) is 21.7 Å². The molecule has 4 aromatic rings. The molecule has 4 rings (SSSR count). The Morgan fingerprint density at radius 2 is 1.60 bits per heavy atom. The Bertz CT molecular complexity index is 1200. The third-order valence-electron chi connectivity index (χ3n) is 4.93. The number of ketones is 1. The van der Waals surface area contributed by atoms with E-state index < -0.39 is 0 Å². The molecule has 2 N–H and O–H groups in total. The Morgan fingerprint density at radius 3 is 2.40 bits per heavy atom. The second-order valence-corrected chi connectivity index (χ2v) is 8.18. The van der Waals surface area contributed by atoms with Crippen molar-refractivity contribution in [3.63, 3.8) is 0 Å². The number of aryl methyl sites for hydroxylation is 1. The minimum Gasteiger partial charge on any atom is -0.360 e. The first-order chi connectivity index (χ1) is 14.6. The highest BCUT2D eigenvalue weighted by Gasteiger charge is 2.17. The number of rotatable bonds is 7. The van der Waals surface area contributed by atoms with Crippen LogP contribution in [0.1, 0.15) is 31.8 Å². The molecule has 0 aliphatic carbocycles. The van der Waals surface area contributed by atoms with Gasteiger partial charge in [0.15, 0.2) is 5.78 Å². The van der Waals surface area contributed by atoms with E-state index >= 15 is 0 Å². The van der Waals surface area contributed by atoms with Gasteiger partial charge in [-0.1, -0.05) is 66.2 Å². The lowest BCUT2D eigenvalue weighted by Crippen LogP contribution is -2.27. The second kappa shape index (κ2) is 9.01. The van der Waals surface area contributed by atoms with Gasteiger partial charge in [0.05, 0.1) is 5.56 Å². The Kier molecular flexibility index (Phi) is 6.00. The molecule has 5 heteroatoms. The minimum absolute atomic E-state index is 0.145. The molecule has 0 saturated carbocycles. The number of H-pyrrole nitrogens is 1. The zero-order valence-corrected chi connectivity index (χ0v) is 17.5. The number of hydrogen-bond acceptors (Lipinski definition) is 3. The Labute approximate surface area is 179 Å². The van der Waals surface area contributed by atoms with E-state index in [4.69, 9.17) is 0 Å². The van der Waals surface area contributed by atoms with Crippen LogP contribution in [0.4, 0.5) is 0 Å². The van der Waals surface area contributed by atoms with Crippen molar-refractivity contribution >= 4 is 34.4 Å². The number of carbonyl (C=O) groups excluding carboxylic acids is 2. The number of aromatic nitrogens is 1. The lowest BCUT2D eigenvalue weighted by atomic mass is 9.97. The van der Waals surface area contributed by atoms with E-state index in [1.54, 1.807) is 48.2 Å². The summed E-state index contributed by atoms with van der Waals surface area (Å²) in [5, 5.41) is 4.13. The van der Waals surface area contributed by atoms with Gasteiger partial charge < -0.3 is 10.3 Å². The number of aromatic amines is 1. The Morgan fingerprint density at radius 1 is 0.900 bits per heavy atom. The van der Waals surface area contributed by atoms with Crippen molar-refractivity contribution in [3.8, 4) is 0 Å². The van der Waals surface area contributed by atoms with Gasteiger partial charge in [0, 0.05) is 45.4 Å². The van der Waals surface area contributed by atoms with Crippen LogP contribution in [0.5, 0.6) is 0 Å². The summed E-state index contributed by atoms with van der Waals surface area (Å²) in [7, 11) is 0. The molecule has 30 heavy (non-hydrogen) atoms. The molecule has 0 aliphatic rings. The van der Waals surface area contributed by atoms with Crippen LogP contribution in [0.3, 0.4) is 0 Å². The lowest BCUT2D eigenvalue weighted by molar-refractivity contribution is 0.0944. The molecule has 0 spiro atoms. The van der Waals surface area contributed by atoms with E-state index in [9.17, 15) is 9.59 Å². The molecular weight excluding hydrogens is 392 g/mol. The first kappa shape index (κ1) is 20.0. The van der Waals surface area contributed by atoms with Crippen molar-refractivity contribution in [3.05, 3.63) is 101 Å². The van der Waals surface area contributed by atoms with E-state index in [-0.39, 0.29) is 11.7 Å². The van der Waals surface area contributed by atoms with Crippen LogP contribution in [0.2, 0.25) is 0 Å². The van der Waals surface area contributed by atoms with Crippen LogP contribution in [-0.2, 0) is 0 Å². The summed E-state index contributed by atoms with van der Waals surface area (Å²) in [4.78, 5) is 30.1. The van der Waals surface area contributed by atoms with Crippen molar-refractivity contribution in [2.24, 2.45) is 0 Å². The predicted octanol–water partition coefficient (Wildman–Crippen LogP) is 5.23. The van der Waals surface area contributed by atoms with E-state index in [0.29, 0.717) is 23.2 Å². The van der Waals surface area contributed by atoms with Crippen LogP contribution < -0.4 is 5.32 Å². The van der Waals surface area contributed by atoms with Crippen molar-refractivity contribution in [1.29, 1.82) is 0 Å². The molecule has 1 amide bonds. The van der Waals surface area contributed by atoms with Crippen LogP contribution in [0.15, 0.2) is 83.9 Å². The molecule has 1 aromatic heterocycles. The highest BCUT2D eigenvalue weighted by molar-refractivity contribution is 7.99. The largest absolute Gasteiger partial charge is 0.360 e. The summed E-state index contributed by atoms with van der Waals surface area (Å²) >= 11 is 1.69. The monoisotopic (exact) mass is 414 g/mol. The zero-order valence-electron chi connectivity index (χ0n) is 16.6. The summed E-state index contributed by atoms with van der Waals surface area (Å²) in [5.74, 6) is 0.362. The Balaban J connectivity index is 1.40. The summed E-state index contributed by atoms with van der Waals surface area (Å²) < 4.78 is 0. The van der Waals surface area contributed by atoms with Gasteiger partial charge in [0.1, 0.15) is 0 Å². The highest BCUT2D eigenvalue weighted by Crippen LogP contribution is 2.27. The van der Waals surface area contributed by atoms with Gasteiger partial charge in [-0.2, -0.15) is 0 Å². The van der Waals surface area contributed by atoms with Crippen molar-refractivity contribution < 1.29 is 9.59 Å². The standard InChI is InChI=1S/C25H22N2O2S/c1-17-10-12-18(13-11-17)24(28)19-6-2-3-7-20(19)25(29)26-14-15-30-23-16-27-22-9-5-4-8-21(22)23/h2-13,16,27H,14-15H2,1H3,(H,26,29). The lowest BCUT2D eigenvalue weighted by Gasteiger charge is -2.10. The van der Waals surface area contributed by atoms with Crippen LogP contribution in [0.25, 0.3) is 10.9 Å². The SMILES string of the molecule is Cc1ccc(C(=O)c2ccccc2C(=O)NCCSc2c[nH]c3ccccc23)cc1. The van der Waals surface area contributed by atoms with Gasteiger partial charge in [-0.3, -0.25) is 9.59 Å². The highest BCUT2D eigenvalue weighted by atomic mass is 32.2. The smallest absolute Gasteiger partial charge is 0.252 e. The van der Waals surface area contributed by atoms with E-state index in [1.165, 1.54) is 5.39 Å². The number of benzene rings is 3. The van der Waals surface area contributed by atoms with Crippen LogP contribution >= 0.6 is 11.8 Å². The number of nitrogens with one attached hydrogen (secondary N) is 2. The summed E-state index contributed by atoms with van der Waals surface area (Å²) in [6, 6.07) is 22.5. The first-order valence-corrected chi connectivity index (χ1v) is 10.8. The van der Waals surface area contributed by atoms with Crippen molar-refractivity contribution in [2.45, 2.75) is 11.8 Å². The summed E-state index contributed by atoms with van der Waals surface area (Å²) in [6.07, 6.45) is 1.99. The van der Waals surface area contributed by atoms with Crippen LogP contribution in [0, 0.1) is 6.92 Å². The molecule has 0 atom stereocenters. The predicted molar refractivity (Wildman–Crippen MR) is 122 cm³/mol. The molecule has 1 heterocycles. The maximum Gasteiger partial charge on any atom is 0.252 e. The number of para-hydroxylation sites is 1. The number of fused-ring (bicyclic) bond motifs is 1. The molecule has 0 unspecified atom stereocenters. The second-order valence-electron chi connectivity index (χ2n) is 7.04. The third-order valence-corrected chi connectivity index (χ3v) is 5.98. The average Bonchev–Trinajstić information content (AvgIpc) is 3.20. The summed E-state index contributed by atoms with van der Waals surface area (Å²) in [5.41, 5.74) is 3.59. The minimum atomic E-state index is -0.231. The topological polar surface area (TPSA) is 62.0 Å². The zero-order chi connectivity index (χ0) is 20.9. The van der Waals surface area contributed by atoms with Gasteiger partial charge in [-0.25, -0.2) is 0 Å². The molecule has 0 bridgehead atoms. The Hall–Kier alpha value is -3.31. The van der Waals surface area contributed by atoms with Gasteiger partial charge >= 0.3 is 0 Å². The average molecular weight is 415 g/mol.